The van der Waals surface area contributed by atoms with Crippen molar-refractivity contribution in [2.45, 2.75) is 0 Å². The monoisotopic (exact) mass is 734 g/mol. The van der Waals surface area contributed by atoms with Gasteiger partial charge < -0.3 is 14.3 Å². The Morgan fingerprint density at radius 3 is 1.95 bits per heavy atom. The molecule has 6 nitrogen and oxygen atoms in total. The Balaban J connectivity index is 1.01. The molecule has 2 aliphatic rings. The van der Waals surface area contributed by atoms with Gasteiger partial charge in [-0.15, -0.1) is 0 Å². The van der Waals surface area contributed by atoms with Gasteiger partial charge in [-0.3, -0.25) is 9.47 Å². The second kappa shape index (κ2) is 13.7. The maximum atomic E-state index is 6.95. The molecule has 2 aromatic heterocycles. The van der Waals surface area contributed by atoms with Crippen molar-refractivity contribution in [3.05, 3.63) is 206 Å². The van der Waals surface area contributed by atoms with Crippen LogP contribution in [-0.2, 0) is 4.65 Å². The van der Waals surface area contributed by atoms with Crippen LogP contribution in [0, 0.1) is 0 Å². The van der Waals surface area contributed by atoms with E-state index in [1.165, 1.54) is 5.39 Å². The molecule has 0 aliphatic carbocycles. The van der Waals surface area contributed by atoms with Crippen molar-refractivity contribution < 1.29 is 9.39 Å². The Morgan fingerprint density at radius 1 is 0.561 bits per heavy atom. The zero-order valence-electron chi connectivity index (χ0n) is 30.9. The van der Waals surface area contributed by atoms with Crippen molar-refractivity contribution in [2.75, 3.05) is 16.5 Å². The summed E-state index contributed by atoms with van der Waals surface area (Å²) < 4.78 is 15.9. The van der Waals surface area contributed by atoms with E-state index in [4.69, 9.17) is 14.4 Å². The van der Waals surface area contributed by atoms with Crippen LogP contribution in [0.5, 0.6) is 11.5 Å². The van der Waals surface area contributed by atoms with Crippen molar-refractivity contribution in [3.8, 4) is 39.6 Å². The summed E-state index contributed by atoms with van der Waals surface area (Å²) in [5.41, 5.74) is 11.1. The van der Waals surface area contributed by atoms with Crippen molar-refractivity contribution >= 4 is 51.0 Å². The van der Waals surface area contributed by atoms with Gasteiger partial charge in [-0.25, -0.2) is 4.98 Å². The van der Waals surface area contributed by atoms with E-state index in [9.17, 15) is 0 Å². The first-order chi connectivity index (χ1) is 28.3. The molecule has 11 rings (SSSR count). The Bertz CT molecular complexity index is 2890. The number of hydrogen-bond donors (Lipinski definition) is 0. The molecule has 57 heavy (non-hydrogen) atoms. The Morgan fingerprint density at radius 2 is 1.21 bits per heavy atom. The number of nitrogens with zero attached hydrogens (tertiary/aromatic N) is 4. The van der Waals surface area contributed by atoms with Crippen molar-refractivity contribution in [2.24, 2.45) is 0 Å². The number of fused-ring (bicyclic) bond motifs is 6. The number of hydrogen-bond acceptors (Lipinski definition) is 5. The maximum absolute atomic E-state index is 6.95. The van der Waals surface area contributed by atoms with E-state index in [1.807, 2.05) is 30.5 Å². The fourth-order valence-electron chi connectivity index (χ4n) is 8.43. The zero-order valence-corrected chi connectivity index (χ0v) is 30.9. The maximum Gasteiger partial charge on any atom is 0.430 e. The van der Waals surface area contributed by atoms with Gasteiger partial charge in [-0.05, 0) is 58.5 Å². The molecule has 7 heteroatoms. The molecule has 0 bridgehead atoms. The highest BCUT2D eigenvalue weighted by Crippen LogP contribution is 2.44. The summed E-state index contributed by atoms with van der Waals surface area (Å²) in [5, 5.41) is 2.32. The number of ether oxygens (including phenoxy) is 1. The Labute approximate surface area is 331 Å². The summed E-state index contributed by atoms with van der Waals surface area (Å²) >= 11 is 0. The normalized spacial score (nSPS) is 13.3. The van der Waals surface area contributed by atoms with Crippen LogP contribution in [0.1, 0.15) is 0 Å². The topological polar surface area (TPSA) is 42.8 Å². The lowest BCUT2D eigenvalue weighted by Gasteiger charge is -2.34. The molecule has 0 radical (unpaired) electrons. The third-order valence-electron chi connectivity index (χ3n) is 11.0. The quantitative estimate of drug-likeness (QED) is 0.153. The lowest BCUT2D eigenvalue weighted by atomic mass is 9.54. The van der Waals surface area contributed by atoms with Crippen LogP contribution in [0.2, 0.25) is 0 Å². The number of aromatic nitrogens is 2. The van der Waals surface area contributed by atoms with Gasteiger partial charge in [0, 0.05) is 45.9 Å². The SMILES string of the molecule is C1=C2OB(c3ccccc3)c3ccc(Oc4ccc5c6ccccc6n(-c6ccccn6)c5c4)cc3N2CN1c1c(-c2ccccc2)cccc1-c1ccccc1. The molecule has 7 aromatic carbocycles. The molecular formula is C50H35BN4O2. The molecule has 9 aromatic rings. The average molecular weight is 735 g/mol. The third-order valence-corrected chi connectivity index (χ3v) is 11.0. The zero-order chi connectivity index (χ0) is 37.7. The molecule has 0 atom stereocenters. The molecule has 0 unspecified atom stereocenters. The van der Waals surface area contributed by atoms with E-state index in [2.05, 4.69) is 184 Å². The molecule has 2 aliphatic heterocycles. The molecule has 0 saturated carbocycles. The van der Waals surface area contributed by atoms with Crippen LogP contribution in [-0.4, -0.2) is 23.1 Å². The molecule has 0 spiro atoms. The molecule has 0 N–H and O–H groups in total. The second-order valence-corrected chi connectivity index (χ2v) is 14.4. The van der Waals surface area contributed by atoms with Crippen LogP contribution in [0.3, 0.4) is 0 Å². The fraction of sp³-hybridized carbons (Fsp3) is 0.0200. The summed E-state index contributed by atoms with van der Waals surface area (Å²) in [7, 11) is 0. The van der Waals surface area contributed by atoms with E-state index in [0.29, 0.717) is 6.67 Å². The fourth-order valence-corrected chi connectivity index (χ4v) is 8.43. The van der Waals surface area contributed by atoms with Crippen LogP contribution in [0.25, 0.3) is 49.9 Å². The minimum absolute atomic E-state index is 0.291. The first-order valence-corrected chi connectivity index (χ1v) is 19.2. The van der Waals surface area contributed by atoms with Gasteiger partial charge in [-0.2, -0.15) is 0 Å². The standard InChI is InChI=1S/C50H35BN4O2/c1-4-15-35(16-5-1)40-22-14-23-41(36-17-6-2-7-18-36)50(40)53-33-49-54(34-53)47-32-39(27-29-44(47)51(57-49)37-19-8-3-9-20-37)56-38-26-28-43-42-21-10-11-24-45(42)55(46(43)31-38)48-25-12-13-30-52-48/h1-33H,34H2. The van der Waals surface area contributed by atoms with Crippen LogP contribution < -0.4 is 25.5 Å². The number of para-hydroxylation sites is 2. The van der Waals surface area contributed by atoms with Gasteiger partial charge in [0.2, 0.25) is 0 Å². The number of pyridine rings is 1. The minimum atomic E-state index is -0.291. The summed E-state index contributed by atoms with van der Waals surface area (Å²) in [5.74, 6) is 3.15. The Hall–Kier alpha value is -7.51. The highest BCUT2D eigenvalue weighted by Gasteiger charge is 2.40. The number of anilines is 2. The minimum Gasteiger partial charge on any atom is -0.538 e. The lowest BCUT2D eigenvalue weighted by molar-refractivity contribution is 0.430. The van der Waals surface area contributed by atoms with Crippen LogP contribution in [0.4, 0.5) is 11.4 Å². The smallest absolute Gasteiger partial charge is 0.430 e. The summed E-state index contributed by atoms with van der Waals surface area (Å²) in [4.78, 5) is 9.31. The molecule has 270 valence electrons. The summed E-state index contributed by atoms with van der Waals surface area (Å²) in [6.07, 6.45) is 3.99. The number of rotatable bonds is 7. The molecule has 0 amide bonds. The van der Waals surface area contributed by atoms with E-state index >= 15 is 0 Å². The van der Waals surface area contributed by atoms with Gasteiger partial charge in [-0.1, -0.05) is 140 Å². The van der Waals surface area contributed by atoms with Crippen LogP contribution >= 0.6 is 0 Å². The summed E-state index contributed by atoms with van der Waals surface area (Å²) in [6.45, 7) is 0.272. The van der Waals surface area contributed by atoms with E-state index in [0.717, 1.165) is 84.2 Å². The largest absolute Gasteiger partial charge is 0.538 e. The molecule has 4 heterocycles. The first-order valence-electron chi connectivity index (χ1n) is 19.2. The summed E-state index contributed by atoms with van der Waals surface area (Å²) in [6, 6.07) is 65.4. The van der Waals surface area contributed by atoms with Crippen molar-refractivity contribution in [1.82, 2.24) is 9.55 Å². The first kappa shape index (κ1) is 32.9. The van der Waals surface area contributed by atoms with Crippen molar-refractivity contribution in [3.63, 3.8) is 0 Å². The molecular weight excluding hydrogens is 699 g/mol. The highest BCUT2D eigenvalue weighted by atomic mass is 16.5. The Kier molecular flexibility index (Phi) is 7.88. The number of benzene rings is 7. The highest BCUT2D eigenvalue weighted by molar-refractivity contribution is 6.81. The van der Waals surface area contributed by atoms with E-state index < -0.39 is 0 Å². The van der Waals surface area contributed by atoms with Gasteiger partial charge in [0.05, 0.1) is 22.9 Å². The van der Waals surface area contributed by atoms with E-state index in [1.54, 1.807) is 0 Å². The lowest BCUT2D eigenvalue weighted by Crippen LogP contribution is -2.52. The van der Waals surface area contributed by atoms with Gasteiger partial charge in [0.15, 0.2) is 5.88 Å². The average Bonchev–Trinajstić information content (AvgIpc) is 3.86. The van der Waals surface area contributed by atoms with Crippen LogP contribution in [0.15, 0.2) is 206 Å². The van der Waals surface area contributed by atoms with Crippen molar-refractivity contribution in [1.29, 1.82) is 0 Å². The van der Waals surface area contributed by atoms with Gasteiger partial charge in [0.1, 0.15) is 24.0 Å². The second-order valence-electron chi connectivity index (χ2n) is 14.4. The van der Waals surface area contributed by atoms with Gasteiger partial charge in [0.25, 0.3) is 0 Å². The van der Waals surface area contributed by atoms with Gasteiger partial charge >= 0.3 is 6.92 Å². The predicted molar refractivity (Wildman–Crippen MR) is 233 cm³/mol. The predicted octanol–water partition coefficient (Wildman–Crippen LogP) is 10.5. The molecule has 0 fully saturated rings. The molecule has 0 saturated heterocycles. The van der Waals surface area contributed by atoms with E-state index in [-0.39, 0.29) is 6.92 Å². The third kappa shape index (κ3) is 5.71.